The average Bonchev–Trinajstić information content (AvgIpc) is 2.96. The van der Waals surface area contributed by atoms with Crippen LogP contribution in [0.1, 0.15) is 25.8 Å². The molecule has 0 bridgehead atoms. The zero-order valence-corrected chi connectivity index (χ0v) is 18.9. The summed E-state index contributed by atoms with van der Waals surface area (Å²) in [5.74, 6) is -0.164. The summed E-state index contributed by atoms with van der Waals surface area (Å²) in [6.45, 7) is 5.59. The van der Waals surface area contributed by atoms with Crippen LogP contribution in [0.2, 0.25) is 10.0 Å². The smallest absolute Gasteiger partial charge is 0.278 e. The Morgan fingerprint density at radius 2 is 1.81 bits per heavy atom. The predicted molar refractivity (Wildman–Crippen MR) is 122 cm³/mol. The fourth-order valence-electron chi connectivity index (χ4n) is 3.28. The molecule has 0 saturated heterocycles. The molecule has 6 nitrogen and oxygen atoms in total. The zero-order valence-electron chi connectivity index (χ0n) is 17.4. The van der Waals surface area contributed by atoms with Crippen molar-refractivity contribution in [3.05, 3.63) is 63.8 Å². The van der Waals surface area contributed by atoms with Crippen LogP contribution in [0.15, 0.2) is 48.2 Å². The SMILES string of the molecule is CCOCCCN1C(=O)C(Nc2cccc(OCC)c2)=C(c2ccc(Cl)cc2Cl)C1=O. The molecule has 1 heterocycles. The third-order valence-corrected chi connectivity index (χ3v) is 5.21. The molecule has 0 fully saturated rings. The number of nitrogens with zero attached hydrogens (tertiary/aromatic N) is 1. The first kappa shape index (κ1) is 23.1. The number of hydrogen-bond donors (Lipinski definition) is 1. The first-order valence-corrected chi connectivity index (χ1v) is 10.8. The monoisotopic (exact) mass is 462 g/mol. The van der Waals surface area contributed by atoms with E-state index in [1.54, 1.807) is 30.3 Å². The number of benzene rings is 2. The van der Waals surface area contributed by atoms with E-state index in [4.69, 9.17) is 32.7 Å². The molecule has 1 N–H and O–H groups in total. The molecule has 164 valence electrons. The maximum atomic E-state index is 13.2. The van der Waals surface area contributed by atoms with Crippen molar-refractivity contribution in [1.82, 2.24) is 4.90 Å². The quantitative estimate of drug-likeness (QED) is 0.396. The highest BCUT2D eigenvalue weighted by atomic mass is 35.5. The maximum Gasteiger partial charge on any atom is 0.278 e. The number of rotatable bonds is 10. The standard InChI is InChI=1S/C23H24Cl2N2O4/c1-3-30-12-6-11-27-22(28)20(18-10-9-15(24)13-19(18)25)21(23(27)29)26-16-7-5-8-17(14-16)31-4-2/h5,7-10,13-14,26H,3-4,6,11-12H2,1-2H3. The van der Waals surface area contributed by atoms with E-state index in [1.165, 1.54) is 4.90 Å². The van der Waals surface area contributed by atoms with Crippen LogP contribution in [0.4, 0.5) is 5.69 Å². The van der Waals surface area contributed by atoms with E-state index in [1.807, 2.05) is 26.0 Å². The summed E-state index contributed by atoms with van der Waals surface area (Å²) >= 11 is 12.4. The minimum Gasteiger partial charge on any atom is -0.494 e. The summed E-state index contributed by atoms with van der Waals surface area (Å²) < 4.78 is 10.9. The van der Waals surface area contributed by atoms with E-state index in [9.17, 15) is 9.59 Å². The Hall–Kier alpha value is -2.54. The number of amides is 2. The second-order valence-corrected chi connectivity index (χ2v) is 7.62. The molecular weight excluding hydrogens is 439 g/mol. The van der Waals surface area contributed by atoms with Gasteiger partial charge in [-0.25, -0.2) is 0 Å². The van der Waals surface area contributed by atoms with Crippen molar-refractivity contribution in [1.29, 1.82) is 0 Å². The zero-order chi connectivity index (χ0) is 22.4. The van der Waals surface area contributed by atoms with Crippen LogP contribution in [0.3, 0.4) is 0 Å². The van der Waals surface area contributed by atoms with Gasteiger partial charge in [-0.3, -0.25) is 14.5 Å². The van der Waals surface area contributed by atoms with Gasteiger partial charge in [-0.2, -0.15) is 0 Å². The third kappa shape index (κ3) is 5.39. The number of ether oxygens (including phenoxy) is 2. The van der Waals surface area contributed by atoms with Crippen LogP contribution in [0.5, 0.6) is 5.75 Å². The normalized spacial score (nSPS) is 13.9. The lowest BCUT2D eigenvalue weighted by atomic mass is 10.0. The number of carbonyl (C=O) groups is 2. The molecule has 0 radical (unpaired) electrons. The summed E-state index contributed by atoms with van der Waals surface area (Å²) in [5.41, 5.74) is 1.45. The molecule has 3 rings (SSSR count). The second kappa shape index (κ2) is 10.7. The number of nitrogens with one attached hydrogen (secondary N) is 1. The van der Waals surface area contributed by atoms with Gasteiger partial charge in [0.2, 0.25) is 0 Å². The number of hydrogen-bond acceptors (Lipinski definition) is 5. The molecule has 0 aliphatic carbocycles. The Kier molecular flexibility index (Phi) is 7.96. The van der Waals surface area contributed by atoms with Gasteiger partial charge >= 0.3 is 0 Å². The van der Waals surface area contributed by atoms with Gasteiger partial charge in [0, 0.05) is 42.1 Å². The molecule has 8 heteroatoms. The lowest BCUT2D eigenvalue weighted by Crippen LogP contribution is -2.34. The summed E-state index contributed by atoms with van der Waals surface area (Å²) in [7, 11) is 0. The van der Waals surface area contributed by atoms with Gasteiger partial charge in [0.1, 0.15) is 11.4 Å². The lowest BCUT2D eigenvalue weighted by Gasteiger charge is -2.15. The number of carbonyl (C=O) groups excluding carboxylic acids is 2. The Morgan fingerprint density at radius 1 is 1.00 bits per heavy atom. The van der Waals surface area contributed by atoms with Gasteiger partial charge in [-0.15, -0.1) is 0 Å². The highest BCUT2D eigenvalue weighted by Crippen LogP contribution is 2.35. The molecule has 0 atom stereocenters. The van der Waals surface area contributed by atoms with E-state index < -0.39 is 11.8 Å². The highest BCUT2D eigenvalue weighted by molar-refractivity contribution is 6.41. The van der Waals surface area contributed by atoms with Crippen molar-refractivity contribution < 1.29 is 19.1 Å². The number of imide groups is 1. The molecule has 1 aliphatic rings. The lowest BCUT2D eigenvalue weighted by molar-refractivity contribution is -0.137. The first-order chi connectivity index (χ1) is 15.0. The molecule has 2 amide bonds. The van der Waals surface area contributed by atoms with Crippen molar-refractivity contribution in [2.75, 3.05) is 31.7 Å². The Morgan fingerprint density at radius 3 is 2.52 bits per heavy atom. The van der Waals surface area contributed by atoms with E-state index >= 15 is 0 Å². The summed E-state index contributed by atoms with van der Waals surface area (Å²) in [4.78, 5) is 27.7. The van der Waals surface area contributed by atoms with Crippen molar-refractivity contribution in [2.24, 2.45) is 0 Å². The number of anilines is 1. The van der Waals surface area contributed by atoms with E-state index in [0.29, 0.717) is 53.3 Å². The Labute approximate surface area is 191 Å². The minimum atomic E-state index is -0.413. The molecule has 2 aromatic carbocycles. The van der Waals surface area contributed by atoms with Crippen LogP contribution >= 0.6 is 23.2 Å². The van der Waals surface area contributed by atoms with Crippen LogP contribution in [-0.4, -0.2) is 43.1 Å². The minimum absolute atomic E-state index is 0.166. The van der Waals surface area contributed by atoms with Gasteiger partial charge in [0.25, 0.3) is 11.8 Å². The van der Waals surface area contributed by atoms with Gasteiger partial charge in [-0.05, 0) is 44.5 Å². The van der Waals surface area contributed by atoms with Crippen LogP contribution in [0.25, 0.3) is 5.57 Å². The molecule has 0 spiro atoms. The number of halogens is 2. The molecule has 0 aromatic heterocycles. The second-order valence-electron chi connectivity index (χ2n) is 6.77. The van der Waals surface area contributed by atoms with Crippen LogP contribution in [-0.2, 0) is 14.3 Å². The van der Waals surface area contributed by atoms with E-state index in [-0.39, 0.29) is 17.8 Å². The molecular formula is C23H24Cl2N2O4. The van der Waals surface area contributed by atoms with Gasteiger partial charge < -0.3 is 14.8 Å². The average molecular weight is 463 g/mol. The summed E-state index contributed by atoms with van der Waals surface area (Å²) in [5, 5.41) is 3.84. The first-order valence-electron chi connectivity index (χ1n) is 10.1. The van der Waals surface area contributed by atoms with Crippen LogP contribution < -0.4 is 10.1 Å². The van der Waals surface area contributed by atoms with Crippen molar-refractivity contribution in [2.45, 2.75) is 20.3 Å². The fourth-order valence-corrected chi connectivity index (χ4v) is 3.78. The third-order valence-electron chi connectivity index (χ3n) is 4.66. The van der Waals surface area contributed by atoms with Gasteiger partial charge in [-0.1, -0.05) is 35.3 Å². The van der Waals surface area contributed by atoms with Gasteiger partial charge in [0.05, 0.1) is 17.2 Å². The Balaban J connectivity index is 1.98. The molecule has 1 aliphatic heterocycles. The topological polar surface area (TPSA) is 67.9 Å². The molecule has 2 aromatic rings. The van der Waals surface area contributed by atoms with E-state index in [2.05, 4.69) is 5.32 Å². The predicted octanol–water partition coefficient (Wildman–Crippen LogP) is 5.01. The molecule has 0 unspecified atom stereocenters. The fraction of sp³-hybridized carbons (Fsp3) is 0.304. The van der Waals surface area contributed by atoms with Crippen molar-refractivity contribution in [3.63, 3.8) is 0 Å². The van der Waals surface area contributed by atoms with Crippen molar-refractivity contribution >= 4 is 46.3 Å². The molecule has 0 saturated carbocycles. The van der Waals surface area contributed by atoms with Gasteiger partial charge in [0.15, 0.2) is 0 Å². The van der Waals surface area contributed by atoms with E-state index in [0.717, 1.165) is 0 Å². The largest absolute Gasteiger partial charge is 0.494 e. The Bertz CT molecular complexity index is 1010. The van der Waals surface area contributed by atoms with Crippen LogP contribution in [0, 0.1) is 0 Å². The maximum absolute atomic E-state index is 13.2. The van der Waals surface area contributed by atoms with Crippen molar-refractivity contribution in [3.8, 4) is 5.75 Å². The highest BCUT2D eigenvalue weighted by Gasteiger charge is 2.39. The molecule has 31 heavy (non-hydrogen) atoms. The summed E-state index contributed by atoms with van der Waals surface area (Å²) in [6, 6.07) is 12.0. The summed E-state index contributed by atoms with van der Waals surface area (Å²) in [6.07, 6.45) is 0.542.